The number of pyridine rings is 1. The van der Waals surface area contributed by atoms with Crippen molar-refractivity contribution in [3.05, 3.63) is 29.6 Å². The van der Waals surface area contributed by atoms with Crippen LogP contribution in [0.3, 0.4) is 0 Å². The second kappa shape index (κ2) is 5.96. The Labute approximate surface area is 111 Å². The number of nitriles is 1. The Balaban J connectivity index is 2.06. The van der Waals surface area contributed by atoms with Gasteiger partial charge in [0.1, 0.15) is 0 Å². The number of rotatable bonds is 3. The van der Waals surface area contributed by atoms with Crippen molar-refractivity contribution in [1.29, 1.82) is 5.26 Å². The summed E-state index contributed by atoms with van der Waals surface area (Å²) in [6.07, 6.45) is 2.54. The standard InChI is InChI=1S/C13H14N4O2/c14-3-1-12-9-11(2-4-15-12)13(19)17-7-5-16(10-18)6-8-17/h2,4,9-10H,1,5-8H2. The van der Waals surface area contributed by atoms with Gasteiger partial charge in [-0.2, -0.15) is 5.26 Å². The first-order chi connectivity index (χ1) is 9.24. The van der Waals surface area contributed by atoms with Gasteiger partial charge in [0.05, 0.1) is 18.2 Å². The van der Waals surface area contributed by atoms with Gasteiger partial charge in [-0.1, -0.05) is 0 Å². The average Bonchev–Trinajstić information content (AvgIpc) is 2.47. The van der Waals surface area contributed by atoms with Crippen LogP contribution < -0.4 is 0 Å². The normalized spacial score (nSPS) is 14.9. The van der Waals surface area contributed by atoms with Crippen LogP contribution in [0.4, 0.5) is 0 Å². The molecule has 19 heavy (non-hydrogen) atoms. The van der Waals surface area contributed by atoms with Crippen LogP contribution in [0.25, 0.3) is 0 Å². The summed E-state index contributed by atoms with van der Waals surface area (Å²) in [7, 11) is 0. The van der Waals surface area contributed by atoms with Gasteiger partial charge < -0.3 is 9.80 Å². The zero-order chi connectivity index (χ0) is 13.7. The maximum atomic E-state index is 12.3. The van der Waals surface area contributed by atoms with E-state index in [1.807, 2.05) is 6.07 Å². The molecule has 0 aromatic carbocycles. The van der Waals surface area contributed by atoms with E-state index < -0.39 is 0 Å². The Morgan fingerprint density at radius 3 is 2.79 bits per heavy atom. The highest BCUT2D eigenvalue weighted by Gasteiger charge is 2.21. The van der Waals surface area contributed by atoms with Gasteiger partial charge in [0.15, 0.2) is 0 Å². The van der Waals surface area contributed by atoms with E-state index in [4.69, 9.17) is 5.26 Å². The molecule has 2 heterocycles. The summed E-state index contributed by atoms with van der Waals surface area (Å²) >= 11 is 0. The van der Waals surface area contributed by atoms with Gasteiger partial charge in [0.2, 0.25) is 6.41 Å². The molecule has 1 aromatic heterocycles. The van der Waals surface area contributed by atoms with E-state index in [0.717, 1.165) is 6.41 Å². The smallest absolute Gasteiger partial charge is 0.254 e. The van der Waals surface area contributed by atoms with E-state index in [0.29, 0.717) is 37.4 Å². The number of nitrogens with zero attached hydrogens (tertiary/aromatic N) is 4. The van der Waals surface area contributed by atoms with Crippen molar-refractivity contribution in [2.75, 3.05) is 26.2 Å². The molecule has 0 atom stereocenters. The highest BCUT2D eigenvalue weighted by atomic mass is 16.2. The van der Waals surface area contributed by atoms with Gasteiger partial charge in [-0.15, -0.1) is 0 Å². The van der Waals surface area contributed by atoms with Crippen molar-refractivity contribution in [2.24, 2.45) is 0 Å². The van der Waals surface area contributed by atoms with Crippen molar-refractivity contribution in [1.82, 2.24) is 14.8 Å². The van der Waals surface area contributed by atoms with Gasteiger partial charge >= 0.3 is 0 Å². The lowest BCUT2D eigenvalue weighted by Crippen LogP contribution is -2.48. The quantitative estimate of drug-likeness (QED) is 0.718. The molecule has 0 saturated carbocycles. The molecule has 1 aromatic rings. The highest BCUT2D eigenvalue weighted by molar-refractivity contribution is 5.94. The summed E-state index contributed by atoms with van der Waals surface area (Å²) in [5.74, 6) is -0.0767. The van der Waals surface area contributed by atoms with E-state index in [9.17, 15) is 9.59 Å². The summed E-state index contributed by atoms with van der Waals surface area (Å²) in [6.45, 7) is 2.19. The summed E-state index contributed by atoms with van der Waals surface area (Å²) in [4.78, 5) is 30.3. The van der Waals surface area contributed by atoms with E-state index in [1.165, 1.54) is 0 Å². The van der Waals surface area contributed by atoms with Crippen molar-refractivity contribution >= 4 is 12.3 Å². The first-order valence-electron chi connectivity index (χ1n) is 6.05. The third kappa shape index (κ3) is 3.07. The number of hydrogen-bond donors (Lipinski definition) is 0. The number of aromatic nitrogens is 1. The summed E-state index contributed by atoms with van der Waals surface area (Å²) in [6, 6.07) is 5.31. The van der Waals surface area contributed by atoms with Gasteiger partial charge in [0, 0.05) is 37.9 Å². The Kier molecular flexibility index (Phi) is 4.08. The van der Waals surface area contributed by atoms with E-state index in [2.05, 4.69) is 4.98 Å². The van der Waals surface area contributed by atoms with Crippen molar-refractivity contribution in [3.63, 3.8) is 0 Å². The zero-order valence-corrected chi connectivity index (χ0v) is 10.5. The van der Waals surface area contributed by atoms with Crippen molar-refractivity contribution < 1.29 is 9.59 Å². The van der Waals surface area contributed by atoms with Crippen LogP contribution >= 0.6 is 0 Å². The summed E-state index contributed by atoms with van der Waals surface area (Å²) < 4.78 is 0. The molecule has 0 unspecified atom stereocenters. The third-order valence-electron chi connectivity index (χ3n) is 3.07. The first-order valence-corrected chi connectivity index (χ1v) is 6.05. The topological polar surface area (TPSA) is 77.3 Å². The molecule has 1 aliphatic heterocycles. The Bertz CT molecular complexity index is 516. The molecule has 0 aliphatic carbocycles. The van der Waals surface area contributed by atoms with Crippen molar-refractivity contribution in [2.45, 2.75) is 6.42 Å². The van der Waals surface area contributed by atoms with Crippen LogP contribution in [0.15, 0.2) is 18.3 Å². The molecular weight excluding hydrogens is 244 g/mol. The summed E-state index contributed by atoms with van der Waals surface area (Å²) in [5.41, 5.74) is 1.14. The molecule has 0 N–H and O–H groups in total. The molecular formula is C13H14N4O2. The fraction of sp³-hybridized carbons (Fsp3) is 0.385. The number of carbonyl (C=O) groups excluding carboxylic acids is 2. The minimum Gasteiger partial charge on any atom is -0.342 e. The predicted molar refractivity (Wildman–Crippen MR) is 67.1 cm³/mol. The lowest BCUT2D eigenvalue weighted by Gasteiger charge is -2.32. The van der Waals surface area contributed by atoms with Crippen molar-refractivity contribution in [3.8, 4) is 6.07 Å². The highest BCUT2D eigenvalue weighted by Crippen LogP contribution is 2.09. The largest absolute Gasteiger partial charge is 0.342 e. The maximum absolute atomic E-state index is 12.3. The van der Waals surface area contributed by atoms with Gasteiger partial charge in [-0.3, -0.25) is 14.6 Å². The van der Waals surface area contributed by atoms with Crippen LogP contribution in [-0.2, 0) is 11.2 Å². The Morgan fingerprint density at radius 2 is 2.16 bits per heavy atom. The van der Waals surface area contributed by atoms with Gasteiger partial charge in [0.25, 0.3) is 5.91 Å². The molecule has 0 bridgehead atoms. The third-order valence-corrected chi connectivity index (χ3v) is 3.07. The Morgan fingerprint density at radius 1 is 1.42 bits per heavy atom. The van der Waals surface area contributed by atoms with E-state index >= 15 is 0 Å². The minimum atomic E-state index is -0.0767. The number of piperazine rings is 1. The van der Waals surface area contributed by atoms with Crippen LogP contribution in [-0.4, -0.2) is 53.3 Å². The lowest BCUT2D eigenvalue weighted by molar-refractivity contribution is -0.119. The molecule has 2 rings (SSSR count). The zero-order valence-electron chi connectivity index (χ0n) is 10.5. The number of carbonyl (C=O) groups is 2. The van der Waals surface area contributed by atoms with Crippen LogP contribution in [0.2, 0.25) is 0 Å². The molecule has 6 heteroatoms. The molecule has 2 amide bonds. The average molecular weight is 258 g/mol. The number of amides is 2. The summed E-state index contributed by atoms with van der Waals surface area (Å²) in [5, 5.41) is 8.63. The number of hydrogen-bond acceptors (Lipinski definition) is 4. The molecule has 1 saturated heterocycles. The molecule has 6 nitrogen and oxygen atoms in total. The monoisotopic (exact) mass is 258 g/mol. The second-order valence-electron chi connectivity index (χ2n) is 4.30. The predicted octanol–water partition coefficient (Wildman–Crippen LogP) is 0.0619. The van der Waals surface area contributed by atoms with Gasteiger partial charge in [-0.25, -0.2) is 0 Å². The molecule has 1 aliphatic rings. The molecule has 1 fully saturated rings. The van der Waals surface area contributed by atoms with Crippen LogP contribution in [0.1, 0.15) is 16.1 Å². The lowest BCUT2D eigenvalue weighted by atomic mass is 10.1. The van der Waals surface area contributed by atoms with E-state index in [-0.39, 0.29) is 12.3 Å². The van der Waals surface area contributed by atoms with E-state index in [1.54, 1.807) is 28.1 Å². The van der Waals surface area contributed by atoms with Crippen LogP contribution in [0.5, 0.6) is 0 Å². The fourth-order valence-corrected chi connectivity index (χ4v) is 2.00. The fourth-order valence-electron chi connectivity index (χ4n) is 2.00. The Hall–Kier alpha value is -2.42. The second-order valence-corrected chi connectivity index (χ2v) is 4.30. The SMILES string of the molecule is N#CCc1cc(C(=O)N2CCN(C=O)CC2)ccn1. The van der Waals surface area contributed by atoms with Crippen LogP contribution in [0, 0.1) is 11.3 Å². The molecule has 0 spiro atoms. The van der Waals surface area contributed by atoms with Gasteiger partial charge in [-0.05, 0) is 12.1 Å². The minimum absolute atomic E-state index is 0.0767. The maximum Gasteiger partial charge on any atom is 0.254 e. The molecule has 98 valence electrons. The first kappa shape index (κ1) is 13.0. The molecule has 0 radical (unpaired) electrons.